The molecule has 6 heteroatoms. The van der Waals surface area contributed by atoms with E-state index < -0.39 is 0 Å². The molecule has 0 saturated heterocycles. The van der Waals surface area contributed by atoms with Crippen LogP contribution >= 0.6 is 0 Å². The number of nitriles is 1. The van der Waals surface area contributed by atoms with Crippen LogP contribution in [0.15, 0.2) is 23.3 Å². The van der Waals surface area contributed by atoms with Gasteiger partial charge in [0.2, 0.25) is 5.71 Å². The number of amidine groups is 1. The monoisotopic (exact) mass is 270 g/mol. The number of fused-ring (bicyclic) bond motifs is 1. The van der Waals surface area contributed by atoms with Crippen molar-refractivity contribution in [1.29, 1.82) is 10.7 Å². The molecule has 4 N–H and O–H groups in total. The minimum absolute atomic E-state index is 0.0735. The highest BCUT2D eigenvalue weighted by Crippen LogP contribution is 2.40. The van der Waals surface area contributed by atoms with Gasteiger partial charge in [-0.05, 0) is 23.8 Å². The number of hydrazone groups is 1. The summed E-state index contributed by atoms with van der Waals surface area (Å²) in [6.45, 7) is 5.35. The zero-order chi connectivity index (χ0) is 14.9. The molecule has 6 nitrogen and oxygen atoms in total. The Bertz CT molecular complexity index is 623. The lowest BCUT2D eigenvalue weighted by Crippen LogP contribution is -2.25. The summed E-state index contributed by atoms with van der Waals surface area (Å²) >= 11 is 0. The second-order valence-electron chi connectivity index (χ2n) is 5.57. The van der Waals surface area contributed by atoms with Gasteiger partial charge >= 0.3 is 0 Å². The molecule has 0 atom stereocenters. The molecule has 0 aromatic heterocycles. The maximum atomic E-state index is 8.80. The maximum Gasteiger partial charge on any atom is 0.201 e. The number of rotatable bonds is 3. The Morgan fingerprint density at radius 3 is 2.85 bits per heavy atom. The number of benzene rings is 1. The van der Waals surface area contributed by atoms with Crippen molar-refractivity contribution in [2.75, 3.05) is 23.9 Å². The largest absolute Gasteiger partial charge is 0.382 e. The van der Waals surface area contributed by atoms with Crippen LogP contribution in [0.25, 0.3) is 0 Å². The van der Waals surface area contributed by atoms with Crippen molar-refractivity contribution in [1.82, 2.24) is 0 Å². The van der Waals surface area contributed by atoms with Crippen LogP contribution < -0.4 is 16.1 Å². The molecule has 0 saturated carbocycles. The second kappa shape index (κ2) is 4.85. The third kappa shape index (κ3) is 2.43. The van der Waals surface area contributed by atoms with Gasteiger partial charge < -0.3 is 10.6 Å². The van der Waals surface area contributed by atoms with E-state index in [2.05, 4.69) is 36.3 Å². The van der Waals surface area contributed by atoms with Crippen molar-refractivity contribution >= 4 is 22.9 Å². The van der Waals surface area contributed by atoms with Gasteiger partial charge in [0.05, 0.1) is 5.69 Å². The summed E-state index contributed by atoms with van der Waals surface area (Å²) in [5, 5.41) is 19.9. The van der Waals surface area contributed by atoms with Crippen LogP contribution in [0.5, 0.6) is 0 Å². The van der Waals surface area contributed by atoms with Crippen LogP contribution in [0.3, 0.4) is 0 Å². The average Bonchev–Trinajstić information content (AvgIpc) is 2.60. The van der Waals surface area contributed by atoms with Gasteiger partial charge in [-0.2, -0.15) is 10.4 Å². The fourth-order valence-corrected chi connectivity index (χ4v) is 2.51. The Morgan fingerprint density at radius 2 is 2.25 bits per heavy atom. The van der Waals surface area contributed by atoms with E-state index in [1.54, 1.807) is 6.07 Å². The van der Waals surface area contributed by atoms with E-state index in [9.17, 15) is 0 Å². The molecule has 104 valence electrons. The Balaban J connectivity index is 2.30. The first-order chi connectivity index (χ1) is 9.35. The molecule has 0 fully saturated rings. The van der Waals surface area contributed by atoms with Crippen LogP contribution in [0.4, 0.5) is 11.4 Å². The number of hydrogen-bond donors (Lipinski definition) is 3. The zero-order valence-corrected chi connectivity index (χ0v) is 11.9. The van der Waals surface area contributed by atoms with Gasteiger partial charge in [-0.3, -0.25) is 10.8 Å². The van der Waals surface area contributed by atoms with E-state index >= 15 is 0 Å². The number of nitrogens with one attached hydrogen (secondary N) is 2. The number of hydrogen-bond acceptors (Lipinski definition) is 5. The lowest BCUT2D eigenvalue weighted by atomic mass is 9.87. The topological polar surface area (TPSA) is 101 Å². The fourth-order valence-electron chi connectivity index (χ4n) is 2.51. The summed E-state index contributed by atoms with van der Waals surface area (Å²) in [7, 11) is 2.07. The molecule has 2 rings (SSSR count). The summed E-state index contributed by atoms with van der Waals surface area (Å²) in [4.78, 5) is 2.22. The normalized spacial score (nSPS) is 16.5. The molecule has 0 aliphatic carbocycles. The van der Waals surface area contributed by atoms with E-state index in [1.807, 2.05) is 18.2 Å². The molecule has 20 heavy (non-hydrogen) atoms. The first-order valence-corrected chi connectivity index (χ1v) is 6.29. The van der Waals surface area contributed by atoms with Gasteiger partial charge in [0.1, 0.15) is 6.07 Å². The molecule has 0 spiro atoms. The summed E-state index contributed by atoms with van der Waals surface area (Å²) in [6, 6.07) is 7.73. The Hall–Kier alpha value is -2.55. The van der Waals surface area contributed by atoms with Crippen molar-refractivity contribution in [3.8, 4) is 6.07 Å². The minimum atomic E-state index is -0.346. The number of anilines is 2. The molecule has 0 unspecified atom stereocenters. The first kappa shape index (κ1) is 13.9. The first-order valence-electron chi connectivity index (χ1n) is 6.29. The van der Waals surface area contributed by atoms with Crippen molar-refractivity contribution < 1.29 is 0 Å². The smallest absolute Gasteiger partial charge is 0.201 e. The van der Waals surface area contributed by atoms with Crippen LogP contribution in [-0.2, 0) is 5.41 Å². The molecule has 1 heterocycles. The average molecular weight is 270 g/mol. The quantitative estimate of drug-likeness (QED) is 0.441. The van der Waals surface area contributed by atoms with Gasteiger partial charge in [-0.1, -0.05) is 13.8 Å². The van der Waals surface area contributed by atoms with Crippen LogP contribution in [0.1, 0.15) is 19.4 Å². The third-order valence-electron chi connectivity index (χ3n) is 3.43. The van der Waals surface area contributed by atoms with Gasteiger partial charge in [-0.15, -0.1) is 0 Å². The zero-order valence-electron chi connectivity index (χ0n) is 11.9. The summed E-state index contributed by atoms with van der Waals surface area (Å²) < 4.78 is 0. The number of nitrogens with zero attached hydrogens (tertiary/aromatic N) is 3. The van der Waals surface area contributed by atoms with Gasteiger partial charge in [0.15, 0.2) is 5.84 Å². The van der Waals surface area contributed by atoms with E-state index in [4.69, 9.17) is 16.4 Å². The molecular formula is C14H18N6. The van der Waals surface area contributed by atoms with Crippen molar-refractivity contribution in [3.05, 3.63) is 23.8 Å². The number of nitrogens with two attached hydrogens (primary N) is 1. The predicted octanol–water partition coefficient (Wildman–Crippen LogP) is 1.64. The van der Waals surface area contributed by atoms with Crippen molar-refractivity contribution in [2.24, 2.45) is 10.8 Å². The Labute approximate surface area is 118 Å². The van der Waals surface area contributed by atoms with Gasteiger partial charge in [-0.25, -0.2) is 0 Å². The van der Waals surface area contributed by atoms with Gasteiger partial charge in [0, 0.05) is 24.7 Å². The van der Waals surface area contributed by atoms with Crippen LogP contribution in [0.2, 0.25) is 0 Å². The highest BCUT2D eigenvalue weighted by Gasteiger charge is 2.33. The summed E-state index contributed by atoms with van der Waals surface area (Å²) in [6.07, 6.45) is 0. The van der Waals surface area contributed by atoms with Crippen molar-refractivity contribution in [2.45, 2.75) is 19.3 Å². The molecular weight excluding hydrogens is 252 g/mol. The summed E-state index contributed by atoms with van der Waals surface area (Å²) in [5.41, 5.74) is 11.2. The second-order valence-corrected chi connectivity index (χ2v) is 5.57. The molecule has 1 aromatic rings. The molecule has 1 aromatic carbocycles. The van der Waals surface area contributed by atoms with Crippen LogP contribution in [0, 0.1) is 16.7 Å². The molecule has 1 aliphatic heterocycles. The predicted molar refractivity (Wildman–Crippen MR) is 81.3 cm³/mol. The molecule has 1 aliphatic rings. The Kier molecular flexibility index (Phi) is 3.36. The highest BCUT2D eigenvalue weighted by atomic mass is 15.3. The molecule has 0 bridgehead atoms. The number of likely N-dealkylation sites (N-methyl/N-ethyl adjacent to an activating group) is 1. The minimum Gasteiger partial charge on any atom is -0.382 e. The van der Waals surface area contributed by atoms with Crippen LogP contribution in [-0.4, -0.2) is 25.1 Å². The highest BCUT2D eigenvalue weighted by molar-refractivity contribution is 6.45. The lowest BCUT2D eigenvalue weighted by molar-refractivity contribution is 0.563. The lowest BCUT2D eigenvalue weighted by Gasteiger charge is -2.18. The van der Waals surface area contributed by atoms with E-state index in [0.29, 0.717) is 0 Å². The van der Waals surface area contributed by atoms with E-state index in [0.717, 1.165) is 12.2 Å². The van der Waals surface area contributed by atoms with Crippen molar-refractivity contribution in [3.63, 3.8) is 0 Å². The summed E-state index contributed by atoms with van der Waals surface area (Å²) in [5.74, 6) is -0.346. The fraction of sp³-hybridized carbons (Fsp3) is 0.357. The standard InChI is InChI=1S/C14H18N6/c1-14(2)8-20(3)12-5-4-9(6-10(12)14)18-19-11(7-15)13(16)17/h4-6,18H,8H2,1-3H3,(H3,16,17)/b19-11+. The molecule has 0 radical (unpaired) electrons. The van der Waals surface area contributed by atoms with E-state index in [1.165, 1.54) is 11.3 Å². The van der Waals surface area contributed by atoms with E-state index in [-0.39, 0.29) is 17.0 Å². The Morgan fingerprint density at radius 1 is 1.55 bits per heavy atom. The SMILES string of the molecule is CN1CC(C)(C)c2cc(N/N=C(\C#N)C(=N)N)ccc21. The maximum absolute atomic E-state index is 8.80. The molecule has 0 amide bonds. The van der Waals surface area contributed by atoms with Gasteiger partial charge in [0.25, 0.3) is 0 Å². The third-order valence-corrected chi connectivity index (χ3v) is 3.43.